The van der Waals surface area contributed by atoms with Crippen LogP contribution in [-0.2, 0) is 0 Å². The second-order valence-corrected chi connectivity index (χ2v) is 4.20. The number of hydrogen-bond acceptors (Lipinski definition) is 3. The molecule has 1 saturated heterocycles. The fourth-order valence-electron chi connectivity index (χ4n) is 2.28. The highest BCUT2D eigenvalue weighted by Gasteiger charge is 2.20. The Kier molecular flexibility index (Phi) is 3.43. The van der Waals surface area contributed by atoms with Gasteiger partial charge in [0.25, 0.3) is 0 Å². The molecule has 0 amide bonds. The monoisotopic (exact) mass is 215 g/mol. The summed E-state index contributed by atoms with van der Waals surface area (Å²) in [5.41, 5.74) is 1.85. The number of likely N-dealkylation sites (N-methyl/N-ethyl adjacent to an activating group) is 1. The number of nitriles is 1. The van der Waals surface area contributed by atoms with E-state index in [4.69, 9.17) is 5.26 Å². The molecule has 1 fully saturated rings. The van der Waals surface area contributed by atoms with Crippen molar-refractivity contribution in [2.24, 2.45) is 0 Å². The van der Waals surface area contributed by atoms with E-state index < -0.39 is 0 Å². The molecular weight excluding hydrogens is 198 g/mol. The molecule has 1 N–H and O–H groups in total. The number of para-hydroxylation sites is 1. The van der Waals surface area contributed by atoms with Crippen molar-refractivity contribution in [3.05, 3.63) is 29.8 Å². The van der Waals surface area contributed by atoms with E-state index in [0.29, 0.717) is 6.04 Å². The first-order valence-electron chi connectivity index (χ1n) is 5.76. The molecule has 1 heterocycles. The molecule has 1 aliphatic rings. The predicted octanol–water partition coefficient (Wildman–Crippen LogP) is 1.75. The van der Waals surface area contributed by atoms with Crippen molar-refractivity contribution in [1.29, 1.82) is 5.26 Å². The Morgan fingerprint density at radius 3 is 3.00 bits per heavy atom. The molecule has 0 radical (unpaired) electrons. The predicted molar refractivity (Wildman–Crippen MR) is 65.5 cm³/mol. The fraction of sp³-hybridized carbons (Fsp3) is 0.462. The molecule has 1 aromatic rings. The van der Waals surface area contributed by atoms with Crippen LogP contribution in [0.2, 0.25) is 0 Å². The summed E-state index contributed by atoms with van der Waals surface area (Å²) in [6, 6.07) is 10.6. The minimum atomic E-state index is 0.542. The van der Waals surface area contributed by atoms with E-state index in [0.717, 1.165) is 24.3 Å². The third-order valence-electron chi connectivity index (χ3n) is 3.19. The van der Waals surface area contributed by atoms with E-state index >= 15 is 0 Å². The molecule has 3 heteroatoms. The van der Waals surface area contributed by atoms with E-state index in [1.165, 1.54) is 12.8 Å². The summed E-state index contributed by atoms with van der Waals surface area (Å²) in [6.07, 6.45) is 2.41. The van der Waals surface area contributed by atoms with Crippen LogP contribution in [0.5, 0.6) is 0 Å². The first-order valence-corrected chi connectivity index (χ1v) is 5.76. The van der Waals surface area contributed by atoms with Gasteiger partial charge in [-0.3, -0.25) is 0 Å². The maximum Gasteiger partial charge on any atom is 0.101 e. The highest BCUT2D eigenvalue weighted by molar-refractivity contribution is 5.59. The van der Waals surface area contributed by atoms with Gasteiger partial charge in [0.2, 0.25) is 0 Å². The summed E-state index contributed by atoms with van der Waals surface area (Å²) in [5.74, 6) is 0. The average molecular weight is 215 g/mol. The Hall–Kier alpha value is -1.53. The van der Waals surface area contributed by atoms with Crippen LogP contribution in [0.1, 0.15) is 18.4 Å². The first kappa shape index (κ1) is 11.0. The SMILES string of the molecule is CNC1CCCN(c2ccccc2C#N)C1. The van der Waals surface area contributed by atoms with E-state index in [-0.39, 0.29) is 0 Å². The van der Waals surface area contributed by atoms with E-state index in [1.807, 2.05) is 31.3 Å². The van der Waals surface area contributed by atoms with Gasteiger partial charge in [-0.15, -0.1) is 0 Å². The van der Waals surface area contributed by atoms with Gasteiger partial charge in [0.1, 0.15) is 6.07 Å². The minimum absolute atomic E-state index is 0.542. The summed E-state index contributed by atoms with van der Waals surface area (Å²) in [6.45, 7) is 2.05. The van der Waals surface area contributed by atoms with Crippen LogP contribution in [0.3, 0.4) is 0 Å². The van der Waals surface area contributed by atoms with Crippen LogP contribution in [0, 0.1) is 11.3 Å². The number of hydrogen-bond donors (Lipinski definition) is 1. The molecule has 0 saturated carbocycles. The van der Waals surface area contributed by atoms with Gasteiger partial charge in [-0.2, -0.15) is 5.26 Å². The van der Waals surface area contributed by atoms with Gasteiger partial charge in [-0.05, 0) is 32.0 Å². The second kappa shape index (κ2) is 5.00. The van der Waals surface area contributed by atoms with E-state index in [1.54, 1.807) is 0 Å². The Labute approximate surface area is 96.7 Å². The normalized spacial score (nSPS) is 20.5. The van der Waals surface area contributed by atoms with Crippen molar-refractivity contribution < 1.29 is 0 Å². The molecule has 0 aromatic heterocycles. The van der Waals surface area contributed by atoms with Crippen molar-refractivity contribution in [3.8, 4) is 6.07 Å². The summed E-state index contributed by atoms with van der Waals surface area (Å²) < 4.78 is 0. The first-order chi connectivity index (χ1) is 7.85. The lowest BCUT2D eigenvalue weighted by Crippen LogP contribution is -2.44. The van der Waals surface area contributed by atoms with E-state index in [9.17, 15) is 0 Å². The molecule has 3 nitrogen and oxygen atoms in total. The number of nitrogens with zero attached hydrogens (tertiary/aromatic N) is 2. The lowest BCUT2D eigenvalue weighted by molar-refractivity contribution is 0.449. The average Bonchev–Trinajstić information content (AvgIpc) is 2.38. The lowest BCUT2D eigenvalue weighted by Gasteiger charge is -2.34. The fourth-order valence-corrected chi connectivity index (χ4v) is 2.28. The third kappa shape index (κ3) is 2.17. The molecule has 2 rings (SSSR count). The summed E-state index contributed by atoms with van der Waals surface area (Å²) in [7, 11) is 2.00. The van der Waals surface area contributed by atoms with Crippen LogP contribution in [0.4, 0.5) is 5.69 Å². The molecule has 84 valence electrons. The highest BCUT2D eigenvalue weighted by atomic mass is 15.2. The highest BCUT2D eigenvalue weighted by Crippen LogP contribution is 2.23. The largest absolute Gasteiger partial charge is 0.369 e. The molecular formula is C13H17N3. The Morgan fingerprint density at radius 2 is 2.25 bits per heavy atom. The van der Waals surface area contributed by atoms with Gasteiger partial charge in [0.15, 0.2) is 0 Å². The molecule has 16 heavy (non-hydrogen) atoms. The van der Waals surface area contributed by atoms with Crippen molar-refractivity contribution in [3.63, 3.8) is 0 Å². The second-order valence-electron chi connectivity index (χ2n) is 4.20. The third-order valence-corrected chi connectivity index (χ3v) is 3.19. The Morgan fingerprint density at radius 1 is 1.44 bits per heavy atom. The van der Waals surface area contributed by atoms with Crippen molar-refractivity contribution >= 4 is 5.69 Å². The van der Waals surface area contributed by atoms with Crippen LogP contribution in [0.15, 0.2) is 24.3 Å². The van der Waals surface area contributed by atoms with Crippen LogP contribution < -0.4 is 10.2 Å². The van der Waals surface area contributed by atoms with Crippen molar-refractivity contribution in [2.45, 2.75) is 18.9 Å². The number of rotatable bonds is 2. The number of piperidine rings is 1. The minimum Gasteiger partial charge on any atom is -0.369 e. The maximum absolute atomic E-state index is 9.08. The molecule has 1 aromatic carbocycles. The number of anilines is 1. The van der Waals surface area contributed by atoms with Gasteiger partial charge < -0.3 is 10.2 Å². The van der Waals surface area contributed by atoms with Gasteiger partial charge in [0.05, 0.1) is 11.3 Å². The molecule has 0 bridgehead atoms. The standard InChI is InChI=1S/C13H17N3/c1-15-12-6-4-8-16(10-12)13-7-3-2-5-11(13)9-14/h2-3,5,7,12,15H,4,6,8,10H2,1H3. The Bertz CT molecular complexity index is 394. The van der Waals surface area contributed by atoms with Gasteiger partial charge in [0, 0.05) is 19.1 Å². The Balaban J connectivity index is 2.20. The smallest absolute Gasteiger partial charge is 0.101 e. The maximum atomic E-state index is 9.08. The summed E-state index contributed by atoms with van der Waals surface area (Å²) >= 11 is 0. The summed E-state index contributed by atoms with van der Waals surface area (Å²) in [4.78, 5) is 2.31. The quantitative estimate of drug-likeness (QED) is 0.817. The zero-order valence-corrected chi connectivity index (χ0v) is 9.61. The molecule has 1 unspecified atom stereocenters. The van der Waals surface area contributed by atoms with Gasteiger partial charge in [-0.1, -0.05) is 12.1 Å². The van der Waals surface area contributed by atoms with Crippen molar-refractivity contribution in [2.75, 3.05) is 25.0 Å². The topological polar surface area (TPSA) is 39.1 Å². The van der Waals surface area contributed by atoms with Crippen LogP contribution in [0.25, 0.3) is 0 Å². The molecule has 0 aliphatic carbocycles. The van der Waals surface area contributed by atoms with Crippen LogP contribution >= 0.6 is 0 Å². The van der Waals surface area contributed by atoms with Gasteiger partial charge >= 0.3 is 0 Å². The zero-order chi connectivity index (χ0) is 11.4. The molecule has 1 aliphatic heterocycles. The molecule has 1 atom stereocenters. The van der Waals surface area contributed by atoms with Crippen LogP contribution in [-0.4, -0.2) is 26.2 Å². The summed E-state index contributed by atoms with van der Waals surface area (Å²) in [5, 5.41) is 12.4. The van der Waals surface area contributed by atoms with E-state index in [2.05, 4.69) is 16.3 Å². The van der Waals surface area contributed by atoms with Crippen molar-refractivity contribution in [1.82, 2.24) is 5.32 Å². The van der Waals surface area contributed by atoms with Gasteiger partial charge in [-0.25, -0.2) is 0 Å². The lowest BCUT2D eigenvalue weighted by atomic mass is 10.0. The number of nitrogens with one attached hydrogen (secondary N) is 1. The number of benzene rings is 1. The zero-order valence-electron chi connectivity index (χ0n) is 9.61. The molecule has 0 spiro atoms.